The van der Waals surface area contributed by atoms with E-state index in [0.717, 1.165) is 12.1 Å². The van der Waals surface area contributed by atoms with Crippen molar-refractivity contribution in [1.82, 2.24) is 20.6 Å². The average molecular weight is 708 g/mol. The molecule has 3 aromatic carbocycles. The number of rotatable bonds is 11. The molecular weight excluding hydrogens is 675 g/mol. The molecule has 11 nitrogen and oxygen atoms in total. The maximum atomic E-state index is 17.1. The fourth-order valence-electron chi connectivity index (χ4n) is 6.12. The molecule has 0 bridgehead atoms. The molecule has 6 rings (SSSR count). The van der Waals surface area contributed by atoms with Gasteiger partial charge in [0.1, 0.15) is 40.4 Å². The third-order valence-corrected chi connectivity index (χ3v) is 9.91. The Morgan fingerprint density at radius 2 is 1.70 bits per heavy atom. The zero-order chi connectivity index (χ0) is 35.8. The van der Waals surface area contributed by atoms with Crippen LogP contribution in [0.1, 0.15) is 52.7 Å². The van der Waals surface area contributed by atoms with Crippen molar-refractivity contribution in [2.45, 2.75) is 37.9 Å². The van der Waals surface area contributed by atoms with E-state index in [1.54, 1.807) is 13.0 Å². The molecular formula is C35H32F3N5O6S. The maximum Gasteiger partial charge on any atom is 0.255 e. The van der Waals surface area contributed by atoms with Gasteiger partial charge in [-0.2, -0.15) is 0 Å². The minimum Gasteiger partial charge on any atom is -0.496 e. The molecule has 0 aliphatic heterocycles. The highest BCUT2D eigenvalue weighted by Gasteiger charge is 2.50. The van der Waals surface area contributed by atoms with Crippen LogP contribution >= 0.6 is 0 Å². The molecule has 2 heterocycles. The van der Waals surface area contributed by atoms with Crippen molar-refractivity contribution < 1.29 is 40.3 Å². The van der Waals surface area contributed by atoms with Crippen molar-refractivity contribution in [3.63, 3.8) is 0 Å². The predicted octanol–water partition coefficient (Wildman–Crippen LogP) is 6.11. The van der Waals surface area contributed by atoms with Crippen LogP contribution in [-0.4, -0.2) is 56.3 Å². The lowest BCUT2D eigenvalue weighted by molar-refractivity contribution is 0.0480. The van der Waals surface area contributed by atoms with Crippen molar-refractivity contribution >= 4 is 38.5 Å². The molecule has 2 aromatic heterocycles. The minimum atomic E-state index is -4.01. The summed E-state index contributed by atoms with van der Waals surface area (Å²) in [6, 6.07) is 12.0. The van der Waals surface area contributed by atoms with Gasteiger partial charge in [0.2, 0.25) is 10.0 Å². The molecule has 1 fully saturated rings. The van der Waals surface area contributed by atoms with E-state index in [0.29, 0.717) is 0 Å². The molecule has 3 N–H and O–H groups in total. The third-order valence-electron chi connectivity index (χ3n) is 8.44. The number of nitrogens with zero attached hydrogens (tertiary/aromatic N) is 2. The molecule has 0 atom stereocenters. The molecule has 0 unspecified atom stereocenters. The summed E-state index contributed by atoms with van der Waals surface area (Å²) in [7, 11) is -1.33. The molecule has 1 aliphatic rings. The number of halogens is 3. The lowest BCUT2D eigenvalue weighted by Gasteiger charge is -2.43. The molecule has 1 saturated carbocycles. The van der Waals surface area contributed by atoms with Gasteiger partial charge in [-0.05, 0) is 54.4 Å². The molecule has 15 heteroatoms. The summed E-state index contributed by atoms with van der Waals surface area (Å²) in [5.41, 5.74) is -1.87. The number of anilines is 1. The van der Waals surface area contributed by atoms with Crippen LogP contribution in [0.5, 0.6) is 5.75 Å². The zero-order valence-corrected chi connectivity index (χ0v) is 28.0. The smallest absolute Gasteiger partial charge is 0.255 e. The Kier molecular flexibility index (Phi) is 9.27. The first kappa shape index (κ1) is 34.4. The highest BCUT2D eigenvalue weighted by molar-refractivity contribution is 7.92. The van der Waals surface area contributed by atoms with Gasteiger partial charge in [0.25, 0.3) is 11.8 Å². The quantitative estimate of drug-likeness (QED) is 0.149. The van der Waals surface area contributed by atoms with Gasteiger partial charge in [-0.25, -0.2) is 31.6 Å². The van der Waals surface area contributed by atoms with Crippen molar-refractivity contribution in [2.24, 2.45) is 0 Å². The van der Waals surface area contributed by atoms with Gasteiger partial charge < -0.3 is 19.8 Å². The first-order valence-corrected chi connectivity index (χ1v) is 17.3. The largest absolute Gasteiger partial charge is 0.496 e. The van der Waals surface area contributed by atoms with E-state index in [-0.39, 0.29) is 86.8 Å². The van der Waals surface area contributed by atoms with E-state index < -0.39 is 45.2 Å². The van der Waals surface area contributed by atoms with E-state index in [4.69, 9.17) is 9.15 Å². The number of benzene rings is 3. The summed E-state index contributed by atoms with van der Waals surface area (Å²) in [5.74, 6) is -3.05. The van der Waals surface area contributed by atoms with Gasteiger partial charge in [-0.3, -0.25) is 14.3 Å². The number of methoxy groups -OCH3 is 1. The van der Waals surface area contributed by atoms with Gasteiger partial charge in [0.05, 0.1) is 35.1 Å². The number of alkyl halides is 1. The van der Waals surface area contributed by atoms with Crippen LogP contribution < -0.4 is 20.1 Å². The second kappa shape index (κ2) is 13.5. The van der Waals surface area contributed by atoms with E-state index in [2.05, 4.69) is 25.3 Å². The number of carbonyl (C=O) groups is 2. The van der Waals surface area contributed by atoms with Crippen LogP contribution in [-0.2, 0) is 15.6 Å². The number of hydrogen-bond acceptors (Lipinski definition) is 8. The number of fused-ring (bicyclic) bond motifs is 1. The second-order valence-corrected chi connectivity index (χ2v) is 13.7. The summed E-state index contributed by atoms with van der Waals surface area (Å²) in [5, 5.41) is 5.03. The Balaban J connectivity index is 1.55. The number of hydrogen-bond donors (Lipinski definition) is 3. The van der Waals surface area contributed by atoms with E-state index in [1.807, 2.05) is 0 Å². The van der Waals surface area contributed by atoms with Crippen LogP contribution in [0.2, 0.25) is 0 Å². The topological polar surface area (TPSA) is 153 Å². The third kappa shape index (κ3) is 6.35. The highest BCUT2D eigenvalue weighted by atomic mass is 32.2. The highest BCUT2D eigenvalue weighted by Crippen LogP contribution is 2.45. The summed E-state index contributed by atoms with van der Waals surface area (Å²) in [6.07, 6.45) is 1.87. The molecule has 2 amide bonds. The number of amides is 2. The molecule has 0 radical (unpaired) electrons. The Labute approximate surface area is 285 Å². The molecule has 50 heavy (non-hydrogen) atoms. The Bertz CT molecular complexity index is 2210. The summed E-state index contributed by atoms with van der Waals surface area (Å²) in [4.78, 5) is 35.6. The number of aromatic nitrogens is 2. The van der Waals surface area contributed by atoms with E-state index >= 15 is 4.39 Å². The van der Waals surface area contributed by atoms with Gasteiger partial charge in [0.15, 0.2) is 5.82 Å². The molecule has 260 valence electrons. The van der Waals surface area contributed by atoms with Gasteiger partial charge >= 0.3 is 0 Å². The van der Waals surface area contributed by atoms with E-state index in [9.17, 15) is 26.8 Å². The monoisotopic (exact) mass is 707 g/mol. The Morgan fingerprint density at radius 1 is 1.02 bits per heavy atom. The maximum absolute atomic E-state index is 17.1. The normalized spacial score (nSPS) is 17.2. The standard InChI is InChI=1S/C35H32F3N5O6S/c1-4-14-50(46,47)43-24-16-26-28(29(33(45)39-2)31(49-26)19-6-9-21(36)10-7-19)30(38)27(24)20-8-11-25(48-3)23(15-20)32(44)42-35(17-22(37)18-35)34-40-12-5-13-41-34/h5-13,15-16,22,43H,4,14,17-18H2,1-3H3,(H,39,45)(H,42,44). The number of carbonyl (C=O) groups excluding carboxylic acids is 2. The number of nitrogens with one attached hydrogen (secondary N) is 3. The van der Waals surface area contributed by atoms with Crippen LogP contribution in [0.3, 0.4) is 0 Å². The fourth-order valence-corrected chi connectivity index (χ4v) is 7.26. The number of ether oxygens (including phenoxy) is 1. The molecule has 0 saturated heterocycles. The van der Waals surface area contributed by atoms with Crippen LogP contribution in [0.15, 0.2) is 71.4 Å². The average Bonchev–Trinajstić information content (AvgIpc) is 3.47. The van der Waals surface area contributed by atoms with Gasteiger partial charge in [-0.15, -0.1) is 0 Å². The van der Waals surface area contributed by atoms with Crippen molar-refractivity contribution in [3.8, 4) is 28.2 Å². The van der Waals surface area contributed by atoms with Crippen molar-refractivity contribution in [2.75, 3.05) is 24.6 Å². The minimum absolute atomic E-state index is 0.0407. The van der Waals surface area contributed by atoms with Crippen molar-refractivity contribution in [3.05, 3.63) is 95.6 Å². The Hall–Kier alpha value is -5.44. The first-order chi connectivity index (χ1) is 23.9. The van der Waals surface area contributed by atoms with Crippen molar-refractivity contribution in [1.29, 1.82) is 0 Å². The second-order valence-electron chi connectivity index (χ2n) is 11.8. The number of sulfonamides is 1. The fraction of sp³-hybridized carbons (Fsp3) is 0.257. The van der Waals surface area contributed by atoms with Crippen LogP contribution in [0, 0.1) is 11.6 Å². The van der Waals surface area contributed by atoms with Gasteiger partial charge in [-0.1, -0.05) is 13.0 Å². The van der Waals surface area contributed by atoms with Crippen LogP contribution in [0.4, 0.5) is 18.9 Å². The molecule has 1 aliphatic carbocycles. The summed E-state index contributed by atoms with van der Waals surface area (Å²) >= 11 is 0. The summed E-state index contributed by atoms with van der Waals surface area (Å²) in [6.45, 7) is 1.66. The zero-order valence-electron chi connectivity index (χ0n) is 27.1. The molecule has 0 spiro atoms. The van der Waals surface area contributed by atoms with Gasteiger partial charge in [0, 0.05) is 49.5 Å². The summed E-state index contributed by atoms with van der Waals surface area (Å²) < 4.78 is 85.1. The lowest BCUT2D eigenvalue weighted by Crippen LogP contribution is -2.56. The lowest BCUT2D eigenvalue weighted by atomic mass is 9.74. The van der Waals surface area contributed by atoms with Crippen LogP contribution in [0.25, 0.3) is 33.4 Å². The molecule has 5 aromatic rings. The predicted molar refractivity (Wildman–Crippen MR) is 180 cm³/mol. The van der Waals surface area contributed by atoms with E-state index in [1.165, 1.54) is 62.9 Å². The number of furan rings is 1. The Morgan fingerprint density at radius 3 is 2.32 bits per heavy atom. The first-order valence-electron chi connectivity index (χ1n) is 15.6. The SMILES string of the molecule is CCCS(=O)(=O)Nc1cc2oc(-c3ccc(F)cc3)c(C(=O)NC)c2c(F)c1-c1ccc(OC)c(C(=O)NC2(c3ncccn3)CC(F)C2)c1.